The molecular weight excluding hydrogens is 467 g/mol. The number of carbonyl (C=O) groups excluding carboxylic acids is 1. The van der Waals surface area contributed by atoms with Gasteiger partial charge in [0, 0.05) is 75.5 Å². The Labute approximate surface area is 218 Å². The first-order valence-corrected chi connectivity index (χ1v) is 13.2. The first-order valence-electron chi connectivity index (χ1n) is 13.2. The first-order chi connectivity index (χ1) is 17.9. The van der Waals surface area contributed by atoms with Crippen molar-refractivity contribution in [3.05, 3.63) is 83.9 Å². The number of nitrogens with one attached hydrogen (secondary N) is 1. The first kappa shape index (κ1) is 25.4. The maximum absolute atomic E-state index is 13.5. The van der Waals surface area contributed by atoms with Crippen LogP contribution in [0.5, 0.6) is 5.75 Å². The number of rotatable bonds is 6. The van der Waals surface area contributed by atoms with Crippen LogP contribution in [0.25, 0.3) is 11.1 Å². The van der Waals surface area contributed by atoms with Crippen LogP contribution >= 0.6 is 0 Å². The van der Waals surface area contributed by atoms with Crippen LogP contribution in [0.1, 0.15) is 42.7 Å². The second-order valence-electron chi connectivity index (χ2n) is 10.3. The van der Waals surface area contributed by atoms with Crippen molar-refractivity contribution >= 4 is 5.91 Å². The van der Waals surface area contributed by atoms with Gasteiger partial charge in [0.2, 0.25) is 0 Å². The number of ether oxygens (including phenoxy) is 1. The van der Waals surface area contributed by atoms with Gasteiger partial charge in [0.15, 0.2) is 0 Å². The van der Waals surface area contributed by atoms with Crippen molar-refractivity contribution < 1.29 is 13.9 Å². The molecule has 5 rings (SSSR count). The second-order valence-corrected chi connectivity index (χ2v) is 10.3. The van der Waals surface area contributed by atoms with Gasteiger partial charge in [-0.25, -0.2) is 4.39 Å². The Balaban J connectivity index is 1.22. The molecule has 2 unspecified atom stereocenters. The van der Waals surface area contributed by atoms with E-state index in [1.54, 1.807) is 18.3 Å². The summed E-state index contributed by atoms with van der Waals surface area (Å²) in [4.78, 5) is 22.3. The molecule has 6 nitrogen and oxygen atoms in total. The maximum atomic E-state index is 13.5. The highest BCUT2D eigenvalue weighted by Gasteiger charge is 2.27. The van der Waals surface area contributed by atoms with Gasteiger partial charge in [0.05, 0.1) is 0 Å². The Kier molecular flexibility index (Phi) is 7.82. The van der Waals surface area contributed by atoms with Crippen molar-refractivity contribution in [2.45, 2.75) is 51.4 Å². The summed E-state index contributed by atoms with van der Waals surface area (Å²) in [7, 11) is 0. The highest BCUT2D eigenvalue weighted by Crippen LogP contribution is 2.26. The monoisotopic (exact) mass is 502 g/mol. The average molecular weight is 503 g/mol. The van der Waals surface area contributed by atoms with Crippen molar-refractivity contribution in [2.75, 3.05) is 26.2 Å². The third-order valence-electron chi connectivity index (χ3n) is 7.14. The molecule has 3 heterocycles. The largest absolute Gasteiger partial charge is 0.490 e. The predicted molar refractivity (Wildman–Crippen MR) is 143 cm³/mol. The fourth-order valence-electron chi connectivity index (χ4n) is 5.49. The standard InChI is InChI=1S/C30H35FN4O2/c1-21-18-34(19-22(2)33-21)20-23-8-10-24(11-9-23)28-7-4-14-32-29(28)30(36)35-15-12-26(13-16-35)37-27-6-3-5-25(31)17-27/h3-11,14,17,21-22,26,33H,12-13,15-16,18-20H2,1-2H3. The summed E-state index contributed by atoms with van der Waals surface area (Å²) in [6.45, 7) is 8.61. The van der Waals surface area contributed by atoms with Crippen LogP contribution in [0, 0.1) is 5.82 Å². The van der Waals surface area contributed by atoms with Crippen LogP contribution in [0.2, 0.25) is 0 Å². The maximum Gasteiger partial charge on any atom is 0.273 e. The Bertz CT molecular complexity index is 1200. The molecule has 2 aliphatic heterocycles. The van der Waals surface area contributed by atoms with E-state index in [-0.39, 0.29) is 17.8 Å². The molecule has 0 spiro atoms. The summed E-state index contributed by atoms with van der Waals surface area (Å²) >= 11 is 0. The van der Waals surface area contributed by atoms with Crippen molar-refractivity contribution in [3.8, 4) is 16.9 Å². The Morgan fingerprint density at radius 1 is 1.03 bits per heavy atom. The van der Waals surface area contributed by atoms with Gasteiger partial charge in [0.1, 0.15) is 23.4 Å². The van der Waals surface area contributed by atoms with E-state index >= 15 is 0 Å². The third kappa shape index (κ3) is 6.35. The molecule has 194 valence electrons. The average Bonchev–Trinajstić information content (AvgIpc) is 2.89. The smallest absolute Gasteiger partial charge is 0.273 e. The van der Waals surface area contributed by atoms with E-state index in [4.69, 9.17) is 4.74 Å². The second kappa shape index (κ2) is 11.4. The van der Waals surface area contributed by atoms with Gasteiger partial charge in [-0.05, 0) is 43.2 Å². The number of benzene rings is 2. The molecule has 37 heavy (non-hydrogen) atoms. The summed E-state index contributed by atoms with van der Waals surface area (Å²) in [6.07, 6.45) is 3.03. The summed E-state index contributed by atoms with van der Waals surface area (Å²) in [6, 6.07) is 19.5. The van der Waals surface area contributed by atoms with Crippen LogP contribution < -0.4 is 10.1 Å². The van der Waals surface area contributed by atoms with Crippen LogP contribution in [-0.2, 0) is 6.54 Å². The Morgan fingerprint density at radius 2 is 1.76 bits per heavy atom. The molecule has 2 saturated heterocycles. The van der Waals surface area contributed by atoms with Crippen LogP contribution in [0.3, 0.4) is 0 Å². The molecule has 0 saturated carbocycles. The molecule has 1 amide bonds. The van der Waals surface area contributed by atoms with Crippen LogP contribution in [-0.4, -0.2) is 65.1 Å². The number of hydrogen-bond donors (Lipinski definition) is 1. The van der Waals surface area contributed by atoms with Crippen molar-refractivity contribution in [1.82, 2.24) is 20.1 Å². The number of hydrogen-bond acceptors (Lipinski definition) is 5. The summed E-state index contributed by atoms with van der Waals surface area (Å²) < 4.78 is 19.4. The zero-order chi connectivity index (χ0) is 25.8. The minimum Gasteiger partial charge on any atom is -0.490 e. The zero-order valence-corrected chi connectivity index (χ0v) is 21.6. The van der Waals surface area contributed by atoms with E-state index in [0.717, 1.165) is 30.8 Å². The lowest BCUT2D eigenvalue weighted by molar-refractivity contribution is 0.0590. The molecule has 2 fully saturated rings. The highest BCUT2D eigenvalue weighted by atomic mass is 19.1. The number of pyridine rings is 1. The summed E-state index contributed by atoms with van der Waals surface area (Å²) in [5, 5.41) is 3.58. The molecule has 2 aliphatic rings. The predicted octanol–water partition coefficient (Wildman–Crippen LogP) is 4.75. The van der Waals surface area contributed by atoms with Crippen LogP contribution in [0.4, 0.5) is 4.39 Å². The number of aromatic nitrogens is 1. The van der Waals surface area contributed by atoms with E-state index in [2.05, 4.69) is 53.3 Å². The minimum absolute atomic E-state index is 0.0387. The molecule has 7 heteroatoms. The fraction of sp³-hybridized carbons (Fsp3) is 0.400. The van der Waals surface area contributed by atoms with Gasteiger partial charge in [-0.3, -0.25) is 14.7 Å². The Morgan fingerprint density at radius 3 is 2.46 bits per heavy atom. The van der Waals surface area contributed by atoms with E-state index in [1.807, 2.05) is 17.0 Å². The SMILES string of the molecule is CC1CN(Cc2ccc(-c3cccnc3C(=O)N3CCC(Oc4cccc(F)c4)CC3)cc2)CC(C)N1. The van der Waals surface area contributed by atoms with E-state index in [1.165, 1.54) is 17.7 Å². The number of amides is 1. The van der Waals surface area contributed by atoms with Gasteiger partial charge in [-0.15, -0.1) is 0 Å². The number of piperidine rings is 1. The van der Waals surface area contributed by atoms with E-state index in [9.17, 15) is 9.18 Å². The molecule has 0 radical (unpaired) electrons. The lowest BCUT2D eigenvalue weighted by atomic mass is 10.0. The molecule has 0 aliphatic carbocycles. The summed E-state index contributed by atoms with van der Waals surface area (Å²) in [5.41, 5.74) is 3.58. The topological polar surface area (TPSA) is 57.7 Å². The number of piperazine rings is 1. The molecule has 2 aromatic carbocycles. The molecular formula is C30H35FN4O2. The van der Waals surface area contributed by atoms with Gasteiger partial charge in [-0.2, -0.15) is 0 Å². The van der Waals surface area contributed by atoms with Gasteiger partial charge in [0.25, 0.3) is 5.91 Å². The third-order valence-corrected chi connectivity index (χ3v) is 7.14. The highest BCUT2D eigenvalue weighted by molar-refractivity contribution is 5.99. The number of likely N-dealkylation sites (tertiary alicyclic amines) is 1. The quantitative estimate of drug-likeness (QED) is 0.527. The van der Waals surface area contributed by atoms with Crippen molar-refractivity contribution in [3.63, 3.8) is 0 Å². The molecule has 1 N–H and O–H groups in total. The number of nitrogens with zero attached hydrogens (tertiary/aromatic N) is 3. The van der Waals surface area contributed by atoms with E-state index in [0.29, 0.717) is 49.5 Å². The van der Waals surface area contributed by atoms with Gasteiger partial charge >= 0.3 is 0 Å². The van der Waals surface area contributed by atoms with E-state index < -0.39 is 0 Å². The molecule has 3 aromatic rings. The molecule has 1 aromatic heterocycles. The molecule has 2 atom stereocenters. The normalized spacial score (nSPS) is 21.1. The fourth-order valence-corrected chi connectivity index (χ4v) is 5.49. The van der Waals surface area contributed by atoms with Crippen molar-refractivity contribution in [2.24, 2.45) is 0 Å². The van der Waals surface area contributed by atoms with Crippen LogP contribution in [0.15, 0.2) is 66.9 Å². The van der Waals surface area contributed by atoms with Gasteiger partial charge in [-0.1, -0.05) is 36.4 Å². The molecule has 0 bridgehead atoms. The summed E-state index contributed by atoms with van der Waals surface area (Å²) in [5.74, 6) is 0.155. The van der Waals surface area contributed by atoms with Gasteiger partial charge < -0.3 is 15.0 Å². The zero-order valence-electron chi connectivity index (χ0n) is 21.6. The lowest BCUT2D eigenvalue weighted by Gasteiger charge is -2.36. The minimum atomic E-state index is -0.311. The number of halogens is 1. The van der Waals surface area contributed by atoms with Crippen molar-refractivity contribution in [1.29, 1.82) is 0 Å². The number of carbonyl (C=O) groups is 1. The Hall–Kier alpha value is -3.29. The lowest BCUT2D eigenvalue weighted by Crippen LogP contribution is -2.53.